The van der Waals surface area contributed by atoms with Crippen LogP contribution in [0.1, 0.15) is 40.5 Å². The Kier molecular flexibility index (Phi) is 4.72. The van der Waals surface area contributed by atoms with Crippen LogP contribution in [0.4, 0.5) is 0 Å². The van der Waals surface area contributed by atoms with Gasteiger partial charge in [-0.1, -0.05) is 5.92 Å². The number of ketones is 1. The van der Waals surface area contributed by atoms with Gasteiger partial charge in [-0.3, -0.25) is 5.32 Å². The Hall–Kier alpha value is -0.810. The van der Waals surface area contributed by atoms with Gasteiger partial charge in [-0.15, -0.1) is 6.42 Å². The van der Waals surface area contributed by atoms with Crippen molar-refractivity contribution in [2.75, 3.05) is 0 Å². The van der Waals surface area contributed by atoms with Crippen molar-refractivity contribution in [1.29, 1.82) is 0 Å². The van der Waals surface area contributed by atoms with Gasteiger partial charge in [-0.2, -0.15) is 0 Å². The molecular weight excluding hydrogens is 162 g/mol. The molecule has 0 saturated heterocycles. The molecule has 0 radical (unpaired) electrons. The number of Topliss-reactive ketones (excluding diaryl/α,β-unsaturated/α-hetero) is 1. The fraction of sp³-hybridized carbons (Fsp3) is 0.727. The molecule has 0 aromatic rings. The number of nitrogens with one attached hydrogen (secondary N) is 1. The van der Waals surface area contributed by atoms with E-state index >= 15 is 0 Å². The third-order valence-electron chi connectivity index (χ3n) is 1.59. The average molecular weight is 181 g/mol. The molecule has 0 aliphatic rings. The third-order valence-corrected chi connectivity index (χ3v) is 1.59. The molecule has 0 heterocycles. The summed E-state index contributed by atoms with van der Waals surface area (Å²) in [5, 5.41) is 3.27. The maximum Gasteiger partial charge on any atom is 0.129 e. The fourth-order valence-electron chi connectivity index (χ4n) is 1.07. The number of hydrogen-bond acceptors (Lipinski definition) is 2. The number of carbonyl (C=O) groups is 1. The van der Waals surface area contributed by atoms with Crippen LogP contribution < -0.4 is 5.32 Å². The zero-order valence-electron chi connectivity index (χ0n) is 8.98. The average Bonchev–Trinajstić information content (AvgIpc) is 1.95. The van der Waals surface area contributed by atoms with E-state index in [2.05, 4.69) is 32.0 Å². The summed E-state index contributed by atoms with van der Waals surface area (Å²) in [6.07, 6.45) is 6.62. The van der Waals surface area contributed by atoms with Gasteiger partial charge in [0.2, 0.25) is 0 Å². The molecule has 0 rings (SSSR count). The van der Waals surface area contributed by atoms with Crippen LogP contribution in [0, 0.1) is 12.3 Å². The molecule has 0 aliphatic heterocycles. The van der Waals surface area contributed by atoms with Crippen molar-refractivity contribution in [3.8, 4) is 12.3 Å². The minimum atomic E-state index is 0.00361. The summed E-state index contributed by atoms with van der Waals surface area (Å²) < 4.78 is 0. The molecule has 0 aromatic carbocycles. The monoisotopic (exact) mass is 181 g/mol. The fourth-order valence-corrected chi connectivity index (χ4v) is 1.07. The molecular formula is C11H19NO. The first-order valence-electron chi connectivity index (χ1n) is 4.58. The van der Waals surface area contributed by atoms with Crippen molar-refractivity contribution in [2.24, 2.45) is 0 Å². The van der Waals surface area contributed by atoms with E-state index < -0.39 is 0 Å². The molecule has 0 fully saturated rings. The Morgan fingerprint density at radius 1 is 1.54 bits per heavy atom. The maximum absolute atomic E-state index is 10.7. The molecule has 0 amide bonds. The van der Waals surface area contributed by atoms with E-state index in [0.29, 0.717) is 6.42 Å². The molecule has 0 aliphatic carbocycles. The summed E-state index contributed by atoms with van der Waals surface area (Å²) in [6.45, 7) is 7.77. The lowest BCUT2D eigenvalue weighted by molar-refractivity contribution is -0.117. The van der Waals surface area contributed by atoms with Crippen molar-refractivity contribution in [3.05, 3.63) is 0 Å². The Bertz CT molecular complexity index is 207. The van der Waals surface area contributed by atoms with Gasteiger partial charge in [-0.05, 0) is 34.1 Å². The number of hydrogen-bond donors (Lipinski definition) is 1. The largest absolute Gasteiger partial charge is 0.300 e. The smallest absolute Gasteiger partial charge is 0.129 e. The molecule has 0 spiro atoms. The zero-order valence-corrected chi connectivity index (χ0v) is 8.98. The van der Waals surface area contributed by atoms with Crippen molar-refractivity contribution >= 4 is 5.78 Å². The highest BCUT2D eigenvalue weighted by molar-refractivity contribution is 5.75. The van der Waals surface area contributed by atoms with Gasteiger partial charge in [0.05, 0.1) is 6.04 Å². The van der Waals surface area contributed by atoms with Crippen molar-refractivity contribution < 1.29 is 4.79 Å². The predicted octanol–water partition coefficient (Wildman–Crippen LogP) is 1.75. The highest BCUT2D eigenvalue weighted by Gasteiger charge is 2.15. The van der Waals surface area contributed by atoms with E-state index in [4.69, 9.17) is 6.42 Å². The second kappa shape index (κ2) is 5.04. The second-order valence-corrected chi connectivity index (χ2v) is 4.35. The topological polar surface area (TPSA) is 29.1 Å². The second-order valence-electron chi connectivity index (χ2n) is 4.35. The Labute approximate surface area is 81.1 Å². The lowest BCUT2D eigenvalue weighted by atomic mass is 10.0. The lowest BCUT2D eigenvalue weighted by Gasteiger charge is -2.25. The van der Waals surface area contributed by atoms with Gasteiger partial charge >= 0.3 is 0 Å². The van der Waals surface area contributed by atoms with Crippen LogP contribution in [0.2, 0.25) is 0 Å². The van der Waals surface area contributed by atoms with Gasteiger partial charge < -0.3 is 4.79 Å². The summed E-state index contributed by atoms with van der Waals surface area (Å²) in [5.74, 6) is 2.84. The summed E-state index contributed by atoms with van der Waals surface area (Å²) >= 11 is 0. The van der Waals surface area contributed by atoms with Gasteiger partial charge in [0, 0.05) is 12.0 Å². The maximum atomic E-state index is 10.7. The van der Waals surface area contributed by atoms with E-state index in [1.165, 1.54) is 0 Å². The predicted molar refractivity (Wildman–Crippen MR) is 55.4 cm³/mol. The van der Waals surface area contributed by atoms with E-state index in [1.807, 2.05) is 0 Å². The third kappa shape index (κ3) is 7.55. The first kappa shape index (κ1) is 12.2. The molecule has 2 heteroatoms. The molecule has 0 bridgehead atoms. The quantitative estimate of drug-likeness (QED) is 0.669. The summed E-state index contributed by atoms with van der Waals surface area (Å²) in [4.78, 5) is 10.7. The SMILES string of the molecule is C#CC(CCC(C)=O)NC(C)(C)C. The van der Waals surface area contributed by atoms with Crippen LogP contribution >= 0.6 is 0 Å². The molecule has 74 valence electrons. The number of rotatable bonds is 4. The molecule has 0 saturated carbocycles. The Morgan fingerprint density at radius 2 is 2.08 bits per heavy atom. The van der Waals surface area contributed by atoms with Crippen molar-refractivity contribution in [3.63, 3.8) is 0 Å². The molecule has 0 aromatic heterocycles. The van der Waals surface area contributed by atoms with Crippen LogP contribution in [0.5, 0.6) is 0 Å². The number of carbonyl (C=O) groups excluding carboxylic acids is 1. The molecule has 1 N–H and O–H groups in total. The van der Waals surface area contributed by atoms with Gasteiger partial charge in [-0.25, -0.2) is 0 Å². The van der Waals surface area contributed by atoms with Crippen LogP contribution in [-0.2, 0) is 4.79 Å². The first-order chi connectivity index (χ1) is 5.85. The van der Waals surface area contributed by atoms with E-state index in [0.717, 1.165) is 6.42 Å². The molecule has 13 heavy (non-hydrogen) atoms. The van der Waals surface area contributed by atoms with Gasteiger partial charge in [0.1, 0.15) is 5.78 Å². The minimum absolute atomic E-state index is 0.00361. The van der Waals surface area contributed by atoms with Gasteiger partial charge in [0.25, 0.3) is 0 Å². The number of terminal acetylenes is 1. The van der Waals surface area contributed by atoms with Crippen LogP contribution in [0.25, 0.3) is 0 Å². The summed E-state index contributed by atoms with van der Waals surface area (Å²) in [6, 6.07) is 0.00361. The Balaban J connectivity index is 3.93. The van der Waals surface area contributed by atoms with E-state index in [1.54, 1.807) is 6.92 Å². The molecule has 1 unspecified atom stereocenters. The van der Waals surface area contributed by atoms with Crippen molar-refractivity contribution in [1.82, 2.24) is 5.32 Å². The van der Waals surface area contributed by atoms with Crippen LogP contribution in [0.15, 0.2) is 0 Å². The normalized spacial score (nSPS) is 13.5. The molecule has 1 atom stereocenters. The van der Waals surface area contributed by atoms with Crippen molar-refractivity contribution in [2.45, 2.75) is 52.1 Å². The standard InChI is InChI=1S/C11H19NO/c1-6-10(8-7-9(2)13)12-11(3,4)5/h1,10,12H,7-8H2,2-5H3. The molecule has 2 nitrogen and oxygen atoms in total. The Morgan fingerprint density at radius 3 is 2.38 bits per heavy atom. The lowest BCUT2D eigenvalue weighted by Crippen LogP contribution is -2.43. The van der Waals surface area contributed by atoms with Crippen LogP contribution in [0.3, 0.4) is 0 Å². The highest BCUT2D eigenvalue weighted by Crippen LogP contribution is 2.05. The van der Waals surface area contributed by atoms with Gasteiger partial charge in [0.15, 0.2) is 0 Å². The summed E-state index contributed by atoms with van der Waals surface area (Å²) in [7, 11) is 0. The van der Waals surface area contributed by atoms with Crippen LogP contribution in [-0.4, -0.2) is 17.4 Å². The first-order valence-corrected chi connectivity index (χ1v) is 4.58. The van der Waals surface area contributed by atoms with E-state index in [-0.39, 0.29) is 17.4 Å². The zero-order chi connectivity index (χ0) is 10.5. The highest BCUT2D eigenvalue weighted by atomic mass is 16.1. The minimum Gasteiger partial charge on any atom is -0.300 e. The summed E-state index contributed by atoms with van der Waals surface area (Å²) in [5.41, 5.74) is 0.00776. The van der Waals surface area contributed by atoms with E-state index in [9.17, 15) is 4.79 Å².